The van der Waals surface area contributed by atoms with Crippen molar-refractivity contribution in [3.05, 3.63) is 29.8 Å². The number of carbonyl (C=O) groups is 1. The number of carbonyl (C=O) groups excluding carboxylic acids is 1. The Labute approximate surface area is 101 Å². The zero-order valence-electron chi connectivity index (χ0n) is 10.2. The number of pyridine rings is 1. The zero-order chi connectivity index (χ0) is 12.4. The summed E-state index contributed by atoms with van der Waals surface area (Å²) < 4.78 is 13.5. The van der Waals surface area contributed by atoms with Gasteiger partial charge in [0, 0.05) is 18.8 Å². The maximum absolute atomic E-state index is 13.5. The first-order valence-corrected chi connectivity index (χ1v) is 6.02. The molecule has 1 fully saturated rings. The summed E-state index contributed by atoms with van der Waals surface area (Å²) >= 11 is 0. The van der Waals surface area contributed by atoms with Crippen LogP contribution >= 0.6 is 0 Å². The van der Waals surface area contributed by atoms with Crippen LogP contribution in [0.15, 0.2) is 18.3 Å². The number of hydrogen-bond acceptors (Lipinski definition) is 2. The van der Waals surface area contributed by atoms with E-state index in [1.54, 1.807) is 11.0 Å². The lowest BCUT2D eigenvalue weighted by molar-refractivity contribution is 0.0545. The number of nitrogens with zero attached hydrogens (tertiary/aromatic N) is 2. The van der Waals surface area contributed by atoms with Crippen LogP contribution in [0.4, 0.5) is 4.39 Å². The molecule has 0 N–H and O–H groups in total. The number of halogens is 1. The molecule has 0 spiro atoms. The van der Waals surface area contributed by atoms with Crippen molar-refractivity contribution >= 4 is 5.91 Å². The van der Waals surface area contributed by atoms with Crippen molar-refractivity contribution in [1.29, 1.82) is 0 Å². The van der Waals surface area contributed by atoms with Crippen LogP contribution in [0.25, 0.3) is 0 Å². The van der Waals surface area contributed by atoms with E-state index in [4.69, 9.17) is 0 Å². The number of amides is 1. The second kappa shape index (κ2) is 4.82. The number of aromatic nitrogens is 1. The molecule has 2 heterocycles. The molecule has 0 radical (unpaired) electrons. The fourth-order valence-corrected chi connectivity index (χ4v) is 2.32. The third kappa shape index (κ3) is 2.30. The molecule has 4 heteroatoms. The molecule has 2 unspecified atom stereocenters. The summed E-state index contributed by atoms with van der Waals surface area (Å²) in [7, 11) is 0. The van der Waals surface area contributed by atoms with Crippen molar-refractivity contribution in [2.45, 2.75) is 32.7 Å². The predicted molar refractivity (Wildman–Crippen MR) is 63.1 cm³/mol. The Morgan fingerprint density at radius 3 is 3.00 bits per heavy atom. The molecule has 17 heavy (non-hydrogen) atoms. The van der Waals surface area contributed by atoms with Gasteiger partial charge in [0.05, 0.1) is 5.56 Å². The van der Waals surface area contributed by atoms with Gasteiger partial charge in [-0.05, 0) is 37.8 Å². The first-order valence-electron chi connectivity index (χ1n) is 6.02. The largest absolute Gasteiger partial charge is 0.336 e. The van der Waals surface area contributed by atoms with E-state index in [2.05, 4.69) is 11.9 Å². The van der Waals surface area contributed by atoms with Crippen molar-refractivity contribution < 1.29 is 9.18 Å². The molecular weight excluding hydrogens is 219 g/mol. The van der Waals surface area contributed by atoms with Crippen LogP contribution < -0.4 is 0 Å². The van der Waals surface area contributed by atoms with Crippen molar-refractivity contribution in [3.63, 3.8) is 0 Å². The van der Waals surface area contributed by atoms with E-state index in [1.165, 1.54) is 12.3 Å². The van der Waals surface area contributed by atoms with Gasteiger partial charge < -0.3 is 4.90 Å². The van der Waals surface area contributed by atoms with Gasteiger partial charge in [-0.15, -0.1) is 0 Å². The van der Waals surface area contributed by atoms with Gasteiger partial charge in [-0.1, -0.05) is 6.92 Å². The van der Waals surface area contributed by atoms with Crippen molar-refractivity contribution in [2.24, 2.45) is 5.92 Å². The highest BCUT2D eigenvalue weighted by Crippen LogP contribution is 2.24. The smallest absolute Gasteiger partial charge is 0.258 e. The molecule has 1 aromatic rings. The van der Waals surface area contributed by atoms with Crippen LogP contribution in [-0.4, -0.2) is 28.4 Å². The van der Waals surface area contributed by atoms with Crippen molar-refractivity contribution in [2.75, 3.05) is 6.54 Å². The van der Waals surface area contributed by atoms with Gasteiger partial charge in [0.25, 0.3) is 5.91 Å². The number of rotatable bonds is 1. The Balaban J connectivity index is 2.23. The SMILES string of the molecule is CC1CCCN(C(=O)c2cccnc2F)C1C. The monoisotopic (exact) mass is 236 g/mol. The van der Waals surface area contributed by atoms with Gasteiger partial charge in [-0.3, -0.25) is 4.79 Å². The summed E-state index contributed by atoms with van der Waals surface area (Å²) in [5.74, 6) is -0.454. The number of likely N-dealkylation sites (tertiary alicyclic amines) is 1. The van der Waals surface area contributed by atoms with Crippen LogP contribution in [-0.2, 0) is 0 Å². The Morgan fingerprint density at radius 2 is 2.29 bits per heavy atom. The van der Waals surface area contributed by atoms with Gasteiger partial charge in [-0.2, -0.15) is 4.39 Å². The van der Waals surface area contributed by atoms with E-state index in [0.717, 1.165) is 12.8 Å². The van der Waals surface area contributed by atoms with Gasteiger partial charge >= 0.3 is 0 Å². The zero-order valence-corrected chi connectivity index (χ0v) is 10.2. The standard InChI is InChI=1S/C13H17FN2O/c1-9-5-4-8-16(10(9)2)13(17)11-6-3-7-15-12(11)14/h3,6-7,9-10H,4-5,8H2,1-2H3. The lowest BCUT2D eigenvalue weighted by Gasteiger charge is -2.37. The van der Waals surface area contributed by atoms with Crippen LogP contribution in [0.5, 0.6) is 0 Å². The summed E-state index contributed by atoms with van der Waals surface area (Å²) in [5.41, 5.74) is 0.0773. The van der Waals surface area contributed by atoms with E-state index in [1.807, 2.05) is 6.92 Å². The molecule has 1 aromatic heterocycles. The Bertz CT molecular complexity index is 422. The lowest BCUT2D eigenvalue weighted by Crippen LogP contribution is -2.46. The third-order valence-electron chi connectivity index (χ3n) is 3.62. The van der Waals surface area contributed by atoms with Crippen LogP contribution in [0.1, 0.15) is 37.0 Å². The first kappa shape index (κ1) is 12.0. The second-order valence-electron chi connectivity index (χ2n) is 4.70. The molecule has 0 bridgehead atoms. The molecule has 3 nitrogen and oxygen atoms in total. The molecule has 1 saturated heterocycles. The topological polar surface area (TPSA) is 33.2 Å². The Kier molecular flexibility index (Phi) is 3.41. The molecule has 0 saturated carbocycles. The third-order valence-corrected chi connectivity index (χ3v) is 3.62. The summed E-state index contributed by atoms with van der Waals surface area (Å²) in [6.07, 6.45) is 3.47. The van der Waals surface area contributed by atoms with Crippen LogP contribution in [0, 0.1) is 11.9 Å². The summed E-state index contributed by atoms with van der Waals surface area (Å²) in [5, 5.41) is 0. The average Bonchev–Trinajstić information content (AvgIpc) is 2.32. The summed E-state index contributed by atoms with van der Waals surface area (Å²) in [4.78, 5) is 17.5. The minimum Gasteiger partial charge on any atom is -0.336 e. The summed E-state index contributed by atoms with van der Waals surface area (Å²) in [6.45, 7) is 4.86. The van der Waals surface area contributed by atoms with Gasteiger partial charge in [-0.25, -0.2) is 4.98 Å². The van der Waals surface area contributed by atoms with Crippen LogP contribution in [0.3, 0.4) is 0 Å². The fraction of sp³-hybridized carbons (Fsp3) is 0.538. The number of hydrogen-bond donors (Lipinski definition) is 0. The molecule has 2 atom stereocenters. The maximum Gasteiger partial charge on any atom is 0.258 e. The highest BCUT2D eigenvalue weighted by Gasteiger charge is 2.30. The Hall–Kier alpha value is -1.45. The van der Waals surface area contributed by atoms with E-state index in [0.29, 0.717) is 12.5 Å². The van der Waals surface area contributed by atoms with E-state index in [-0.39, 0.29) is 17.5 Å². The molecular formula is C13H17FN2O. The predicted octanol–water partition coefficient (Wildman–Crippen LogP) is 2.48. The normalized spacial score (nSPS) is 24.8. The molecule has 2 rings (SSSR count). The average molecular weight is 236 g/mol. The Morgan fingerprint density at radius 1 is 1.53 bits per heavy atom. The first-order chi connectivity index (χ1) is 8.11. The second-order valence-corrected chi connectivity index (χ2v) is 4.70. The molecule has 1 aliphatic heterocycles. The van der Waals surface area contributed by atoms with Crippen LogP contribution in [0.2, 0.25) is 0 Å². The number of piperidine rings is 1. The highest BCUT2D eigenvalue weighted by atomic mass is 19.1. The fourth-order valence-electron chi connectivity index (χ4n) is 2.32. The molecule has 1 amide bonds. The van der Waals surface area contributed by atoms with Gasteiger partial charge in [0.1, 0.15) is 0 Å². The summed E-state index contributed by atoms with van der Waals surface area (Å²) in [6, 6.07) is 3.25. The van der Waals surface area contributed by atoms with Crippen molar-refractivity contribution in [3.8, 4) is 0 Å². The molecule has 0 aromatic carbocycles. The van der Waals surface area contributed by atoms with E-state index in [9.17, 15) is 9.18 Å². The lowest BCUT2D eigenvalue weighted by atomic mass is 9.91. The quantitative estimate of drug-likeness (QED) is 0.702. The highest BCUT2D eigenvalue weighted by molar-refractivity contribution is 5.94. The van der Waals surface area contributed by atoms with Gasteiger partial charge in [0.2, 0.25) is 5.95 Å². The minimum atomic E-state index is -0.678. The van der Waals surface area contributed by atoms with E-state index >= 15 is 0 Å². The van der Waals surface area contributed by atoms with Crippen molar-refractivity contribution in [1.82, 2.24) is 9.88 Å². The molecule has 92 valence electrons. The maximum atomic E-state index is 13.5. The molecule has 1 aliphatic rings. The van der Waals surface area contributed by atoms with Gasteiger partial charge in [0.15, 0.2) is 0 Å². The van der Waals surface area contributed by atoms with E-state index < -0.39 is 5.95 Å². The minimum absolute atomic E-state index is 0.0773. The molecule has 0 aliphatic carbocycles.